The second-order valence-corrected chi connectivity index (χ2v) is 7.05. The average molecular weight is 272 g/mol. The number of nitrogens with one attached hydrogen (secondary N) is 3. The molecule has 1 saturated carbocycles. The quantitative estimate of drug-likeness (QED) is 0.713. The maximum Gasteiger partial charge on any atom is 0.258 e. The number of sulfonamides is 1. The number of aromatic amines is 1. The van der Waals surface area contributed by atoms with Crippen molar-refractivity contribution in [1.82, 2.24) is 20.2 Å². The Hall–Kier alpha value is -0.920. The largest absolute Gasteiger partial charge is 0.310 e. The molecule has 6 nitrogen and oxygen atoms in total. The standard InChI is InChI=1S/C11H20N4O2S/c1-8(2)12-6-9-7-13-14-10(9)18(16,17)15-11(3)4-5-11/h7-8,12,15H,4-6H2,1-3H3,(H,13,14). The molecule has 0 saturated heterocycles. The summed E-state index contributed by atoms with van der Waals surface area (Å²) in [5.74, 6) is 0. The van der Waals surface area contributed by atoms with Crippen LogP contribution in [0.2, 0.25) is 0 Å². The summed E-state index contributed by atoms with van der Waals surface area (Å²) >= 11 is 0. The van der Waals surface area contributed by atoms with Gasteiger partial charge in [-0.25, -0.2) is 13.1 Å². The lowest BCUT2D eigenvalue weighted by Gasteiger charge is -2.13. The van der Waals surface area contributed by atoms with Crippen molar-refractivity contribution in [1.29, 1.82) is 0 Å². The van der Waals surface area contributed by atoms with Crippen molar-refractivity contribution in [2.24, 2.45) is 0 Å². The minimum atomic E-state index is -3.50. The molecule has 0 radical (unpaired) electrons. The van der Waals surface area contributed by atoms with Gasteiger partial charge in [-0.1, -0.05) is 13.8 Å². The lowest BCUT2D eigenvalue weighted by molar-refractivity contribution is 0.547. The first-order valence-electron chi connectivity index (χ1n) is 6.12. The normalized spacial score (nSPS) is 18.2. The molecule has 0 amide bonds. The summed E-state index contributed by atoms with van der Waals surface area (Å²) in [5, 5.41) is 9.77. The zero-order valence-electron chi connectivity index (χ0n) is 10.9. The maximum absolute atomic E-state index is 12.2. The fraction of sp³-hybridized carbons (Fsp3) is 0.727. The van der Waals surface area contributed by atoms with Gasteiger partial charge in [-0.05, 0) is 19.8 Å². The van der Waals surface area contributed by atoms with E-state index in [1.807, 2.05) is 20.8 Å². The summed E-state index contributed by atoms with van der Waals surface area (Å²) in [6.45, 7) is 6.42. The van der Waals surface area contributed by atoms with Gasteiger partial charge in [0.15, 0.2) is 5.03 Å². The molecule has 1 aromatic rings. The average Bonchev–Trinajstić information content (AvgIpc) is 2.81. The number of nitrogens with zero attached hydrogens (tertiary/aromatic N) is 1. The first kappa shape index (κ1) is 13.5. The van der Waals surface area contributed by atoms with Crippen molar-refractivity contribution in [3.8, 4) is 0 Å². The van der Waals surface area contributed by atoms with Crippen LogP contribution in [-0.4, -0.2) is 30.2 Å². The number of hydrogen-bond acceptors (Lipinski definition) is 4. The van der Waals surface area contributed by atoms with Gasteiger partial charge in [0, 0.05) is 23.7 Å². The Morgan fingerprint density at radius 2 is 2.17 bits per heavy atom. The highest BCUT2D eigenvalue weighted by atomic mass is 32.2. The SMILES string of the molecule is CC(C)NCc1cn[nH]c1S(=O)(=O)NC1(C)CC1. The Bertz CT molecular complexity index is 517. The summed E-state index contributed by atoms with van der Waals surface area (Å²) in [5.41, 5.74) is 0.396. The molecular formula is C11H20N4O2S. The van der Waals surface area contributed by atoms with E-state index in [1.54, 1.807) is 6.20 Å². The van der Waals surface area contributed by atoms with E-state index in [0.29, 0.717) is 18.2 Å². The van der Waals surface area contributed by atoms with Gasteiger partial charge in [-0.2, -0.15) is 5.10 Å². The molecule has 3 N–H and O–H groups in total. The van der Waals surface area contributed by atoms with Crippen molar-refractivity contribution in [2.45, 2.75) is 56.8 Å². The second kappa shape index (κ2) is 4.64. The van der Waals surface area contributed by atoms with Gasteiger partial charge < -0.3 is 5.32 Å². The Labute approximate surface area is 108 Å². The van der Waals surface area contributed by atoms with Crippen LogP contribution in [0, 0.1) is 0 Å². The van der Waals surface area contributed by atoms with Gasteiger partial charge >= 0.3 is 0 Å². The van der Waals surface area contributed by atoms with Crippen molar-refractivity contribution in [3.63, 3.8) is 0 Å². The molecule has 0 bridgehead atoms. The Morgan fingerprint density at radius 1 is 1.50 bits per heavy atom. The van der Waals surface area contributed by atoms with E-state index >= 15 is 0 Å². The van der Waals surface area contributed by atoms with E-state index < -0.39 is 10.0 Å². The molecule has 1 aromatic heterocycles. The van der Waals surface area contributed by atoms with Gasteiger partial charge in [-0.3, -0.25) is 5.10 Å². The van der Waals surface area contributed by atoms with Crippen molar-refractivity contribution >= 4 is 10.0 Å². The van der Waals surface area contributed by atoms with Gasteiger partial charge in [-0.15, -0.1) is 0 Å². The predicted molar refractivity (Wildman–Crippen MR) is 68.5 cm³/mol. The van der Waals surface area contributed by atoms with Crippen molar-refractivity contribution in [2.75, 3.05) is 0 Å². The van der Waals surface area contributed by atoms with Crippen LogP contribution in [0.3, 0.4) is 0 Å². The molecule has 1 aliphatic rings. The summed E-state index contributed by atoms with van der Waals surface area (Å²) in [6, 6.07) is 0.296. The van der Waals surface area contributed by atoms with Gasteiger partial charge in [0.05, 0.1) is 6.20 Å². The van der Waals surface area contributed by atoms with E-state index in [-0.39, 0.29) is 10.6 Å². The molecular weight excluding hydrogens is 252 g/mol. The Balaban J connectivity index is 2.14. The summed E-state index contributed by atoms with van der Waals surface area (Å²) in [4.78, 5) is 0. The van der Waals surface area contributed by atoms with Crippen LogP contribution in [0.15, 0.2) is 11.2 Å². The first-order valence-corrected chi connectivity index (χ1v) is 7.60. The number of H-pyrrole nitrogens is 1. The number of rotatable bonds is 6. The highest BCUT2D eigenvalue weighted by molar-refractivity contribution is 7.89. The molecule has 0 aromatic carbocycles. The van der Waals surface area contributed by atoms with Crippen LogP contribution in [0.1, 0.15) is 39.2 Å². The van der Waals surface area contributed by atoms with E-state index in [1.165, 1.54) is 0 Å². The molecule has 2 rings (SSSR count). The van der Waals surface area contributed by atoms with E-state index in [9.17, 15) is 8.42 Å². The van der Waals surface area contributed by atoms with Crippen LogP contribution in [0.5, 0.6) is 0 Å². The van der Waals surface area contributed by atoms with Gasteiger partial charge in [0.1, 0.15) is 0 Å². The molecule has 0 atom stereocenters. The maximum atomic E-state index is 12.2. The van der Waals surface area contributed by atoms with E-state index in [0.717, 1.165) is 12.8 Å². The third-order valence-corrected chi connectivity index (χ3v) is 4.68. The van der Waals surface area contributed by atoms with Crippen LogP contribution in [0.25, 0.3) is 0 Å². The topological polar surface area (TPSA) is 86.9 Å². The monoisotopic (exact) mass is 272 g/mol. The molecule has 1 aliphatic carbocycles. The molecule has 1 heterocycles. The molecule has 0 unspecified atom stereocenters. The molecule has 0 aliphatic heterocycles. The van der Waals surface area contributed by atoms with Crippen LogP contribution < -0.4 is 10.0 Å². The molecule has 0 spiro atoms. The Morgan fingerprint density at radius 3 is 2.72 bits per heavy atom. The summed E-state index contributed by atoms with van der Waals surface area (Å²) in [6.07, 6.45) is 3.33. The van der Waals surface area contributed by atoms with Crippen LogP contribution >= 0.6 is 0 Å². The zero-order valence-corrected chi connectivity index (χ0v) is 11.8. The van der Waals surface area contributed by atoms with Crippen LogP contribution in [0.4, 0.5) is 0 Å². The van der Waals surface area contributed by atoms with Crippen molar-refractivity contribution in [3.05, 3.63) is 11.8 Å². The molecule has 1 fully saturated rings. The fourth-order valence-electron chi connectivity index (χ4n) is 1.64. The summed E-state index contributed by atoms with van der Waals surface area (Å²) in [7, 11) is -3.50. The highest BCUT2D eigenvalue weighted by Crippen LogP contribution is 2.35. The molecule has 18 heavy (non-hydrogen) atoms. The lowest BCUT2D eigenvalue weighted by Crippen LogP contribution is -2.35. The predicted octanol–water partition coefficient (Wildman–Crippen LogP) is 0.739. The number of hydrogen-bond donors (Lipinski definition) is 3. The van der Waals surface area contributed by atoms with Gasteiger partial charge in [0.25, 0.3) is 10.0 Å². The summed E-state index contributed by atoms with van der Waals surface area (Å²) < 4.78 is 27.1. The Kier molecular flexibility index (Phi) is 3.48. The van der Waals surface area contributed by atoms with Crippen LogP contribution in [-0.2, 0) is 16.6 Å². The lowest BCUT2D eigenvalue weighted by atomic mass is 10.3. The first-order chi connectivity index (χ1) is 8.32. The molecule has 7 heteroatoms. The zero-order chi connectivity index (χ0) is 13.4. The smallest absolute Gasteiger partial charge is 0.258 e. The minimum Gasteiger partial charge on any atom is -0.310 e. The molecule has 102 valence electrons. The second-order valence-electron chi connectivity index (χ2n) is 5.43. The highest BCUT2D eigenvalue weighted by Gasteiger charge is 2.42. The minimum absolute atomic E-state index is 0.170. The van der Waals surface area contributed by atoms with Gasteiger partial charge in [0.2, 0.25) is 0 Å². The third kappa shape index (κ3) is 3.09. The third-order valence-electron chi connectivity index (χ3n) is 3.03. The van der Waals surface area contributed by atoms with Crippen molar-refractivity contribution < 1.29 is 8.42 Å². The van der Waals surface area contributed by atoms with E-state index in [2.05, 4.69) is 20.2 Å². The van der Waals surface area contributed by atoms with E-state index in [4.69, 9.17) is 0 Å². The number of aromatic nitrogens is 2. The fourth-order valence-corrected chi connectivity index (χ4v) is 3.23.